The molecule has 174 valence electrons. The van der Waals surface area contributed by atoms with Gasteiger partial charge >= 0.3 is 0 Å². The van der Waals surface area contributed by atoms with Gasteiger partial charge in [-0.2, -0.15) is 9.40 Å². The fourth-order valence-electron chi connectivity index (χ4n) is 4.04. The summed E-state index contributed by atoms with van der Waals surface area (Å²) in [6, 6.07) is 13.6. The number of ether oxygens (including phenoxy) is 1. The molecule has 0 radical (unpaired) electrons. The van der Waals surface area contributed by atoms with E-state index < -0.39 is 10.0 Å². The lowest BCUT2D eigenvalue weighted by Crippen LogP contribution is -2.35. The molecule has 0 saturated carbocycles. The molecule has 0 atom stereocenters. The number of benzene rings is 2. The summed E-state index contributed by atoms with van der Waals surface area (Å²) >= 11 is 0. The predicted molar refractivity (Wildman–Crippen MR) is 127 cm³/mol. The zero-order valence-corrected chi connectivity index (χ0v) is 19.9. The first-order valence-electron chi connectivity index (χ1n) is 10.9. The molecule has 1 aliphatic heterocycles. The third-order valence-electron chi connectivity index (χ3n) is 5.76. The number of amides is 1. The Kier molecular flexibility index (Phi) is 6.53. The van der Waals surface area contributed by atoms with Gasteiger partial charge in [-0.15, -0.1) is 0 Å². The maximum atomic E-state index is 13.1. The van der Waals surface area contributed by atoms with E-state index in [0.717, 1.165) is 36.3 Å². The monoisotopic (exact) mass is 468 g/mol. The number of nitrogens with zero attached hydrogens (tertiary/aromatic N) is 3. The van der Waals surface area contributed by atoms with Crippen molar-refractivity contribution in [2.24, 2.45) is 0 Å². The summed E-state index contributed by atoms with van der Waals surface area (Å²) in [6.45, 7) is 4.92. The molecule has 0 unspecified atom stereocenters. The molecule has 1 saturated heterocycles. The third-order valence-corrected chi connectivity index (χ3v) is 7.65. The smallest absolute Gasteiger partial charge is 0.255 e. The first-order valence-corrected chi connectivity index (χ1v) is 12.4. The summed E-state index contributed by atoms with van der Waals surface area (Å²) in [5.41, 5.74) is 3.51. The van der Waals surface area contributed by atoms with Crippen molar-refractivity contribution in [2.45, 2.75) is 38.0 Å². The first kappa shape index (κ1) is 23.0. The standard InChI is InChI=1S/C24H28N4O4S/c1-17-15-18(2)28(26-17)20-9-7-19(8-10-20)24(29)25-22-16-21(11-12-23(22)32-3)33(30,31)27-13-5-4-6-14-27/h7-12,15-16H,4-6,13-14H2,1-3H3,(H,25,29). The van der Waals surface area contributed by atoms with Crippen LogP contribution in [0.15, 0.2) is 53.4 Å². The van der Waals surface area contributed by atoms with Crippen molar-refractivity contribution in [3.8, 4) is 11.4 Å². The molecule has 1 fully saturated rings. The van der Waals surface area contributed by atoms with Crippen LogP contribution in [0.2, 0.25) is 0 Å². The number of aryl methyl sites for hydroxylation is 2. The number of piperidine rings is 1. The van der Waals surface area contributed by atoms with Crippen LogP contribution in [0.3, 0.4) is 0 Å². The number of aromatic nitrogens is 2. The molecule has 0 bridgehead atoms. The molecule has 4 rings (SSSR count). The quantitative estimate of drug-likeness (QED) is 0.592. The molecule has 9 heteroatoms. The Morgan fingerprint density at radius 2 is 1.70 bits per heavy atom. The summed E-state index contributed by atoms with van der Waals surface area (Å²) in [5.74, 6) is 0.0287. The Bertz CT molecular complexity index is 1260. The number of nitrogens with one attached hydrogen (secondary N) is 1. The summed E-state index contributed by atoms with van der Waals surface area (Å²) in [5, 5.41) is 7.25. The minimum Gasteiger partial charge on any atom is -0.495 e. The molecule has 8 nitrogen and oxygen atoms in total. The molecule has 33 heavy (non-hydrogen) atoms. The Hall–Kier alpha value is -3.17. The fraction of sp³-hybridized carbons (Fsp3) is 0.333. The van der Waals surface area contributed by atoms with Gasteiger partial charge in [0, 0.05) is 24.3 Å². The maximum absolute atomic E-state index is 13.1. The molecular formula is C24H28N4O4S. The molecule has 0 aliphatic carbocycles. The second-order valence-corrected chi connectivity index (χ2v) is 10.1. The van der Waals surface area contributed by atoms with Crippen LogP contribution in [-0.2, 0) is 10.0 Å². The zero-order valence-electron chi connectivity index (χ0n) is 19.0. The van der Waals surface area contributed by atoms with Crippen LogP contribution in [0.4, 0.5) is 5.69 Å². The van der Waals surface area contributed by atoms with E-state index in [4.69, 9.17) is 4.74 Å². The van der Waals surface area contributed by atoms with E-state index in [0.29, 0.717) is 30.1 Å². The zero-order chi connectivity index (χ0) is 23.6. The lowest BCUT2D eigenvalue weighted by Gasteiger charge is -2.26. The molecule has 1 amide bonds. The third kappa shape index (κ3) is 4.79. The highest BCUT2D eigenvalue weighted by Gasteiger charge is 2.27. The Morgan fingerprint density at radius 3 is 2.30 bits per heavy atom. The molecule has 0 spiro atoms. The molecule has 1 aliphatic rings. The minimum atomic E-state index is -3.63. The molecule has 2 heterocycles. The number of anilines is 1. The topological polar surface area (TPSA) is 93.5 Å². The summed E-state index contributed by atoms with van der Waals surface area (Å²) in [7, 11) is -2.15. The number of hydrogen-bond acceptors (Lipinski definition) is 5. The second-order valence-electron chi connectivity index (χ2n) is 8.17. The van der Waals surface area contributed by atoms with Gasteiger partial charge in [0.25, 0.3) is 5.91 Å². The van der Waals surface area contributed by atoms with Gasteiger partial charge in [-0.1, -0.05) is 6.42 Å². The minimum absolute atomic E-state index is 0.139. The van der Waals surface area contributed by atoms with E-state index in [1.807, 2.05) is 36.7 Å². The normalized spacial score (nSPS) is 14.8. The van der Waals surface area contributed by atoms with Gasteiger partial charge in [0.2, 0.25) is 10.0 Å². The number of carbonyl (C=O) groups is 1. The highest BCUT2D eigenvalue weighted by Crippen LogP contribution is 2.30. The van der Waals surface area contributed by atoms with Crippen LogP contribution in [0, 0.1) is 13.8 Å². The van der Waals surface area contributed by atoms with Crippen molar-refractivity contribution in [3.63, 3.8) is 0 Å². The molecule has 1 N–H and O–H groups in total. The van der Waals surface area contributed by atoms with Gasteiger partial charge in [-0.25, -0.2) is 13.1 Å². The largest absolute Gasteiger partial charge is 0.495 e. The highest BCUT2D eigenvalue weighted by molar-refractivity contribution is 7.89. The maximum Gasteiger partial charge on any atom is 0.255 e. The van der Waals surface area contributed by atoms with Crippen LogP contribution in [0.25, 0.3) is 5.69 Å². The first-order chi connectivity index (χ1) is 15.8. The van der Waals surface area contributed by atoms with Crippen molar-refractivity contribution < 1.29 is 17.9 Å². The number of carbonyl (C=O) groups excluding carboxylic acids is 1. The van der Waals surface area contributed by atoms with Gasteiger partial charge in [0.05, 0.1) is 29.1 Å². The van der Waals surface area contributed by atoms with E-state index in [-0.39, 0.29) is 10.8 Å². The van der Waals surface area contributed by atoms with Crippen molar-refractivity contribution in [1.29, 1.82) is 0 Å². The fourth-order valence-corrected chi connectivity index (χ4v) is 5.58. The van der Waals surface area contributed by atoms with E-state index in [2.05, 4.69) is 10.4 Å². The highest BCUT2D eigenvalue weighted by atomic mass is 32.2. The van der Waals surface area contributed by atoms with E-state index in [1.54, 1.807) is 18.2 Å². The number of methoxy groups -OCH3 is 1. The van der Waals surface area contributed by atoms with Crippen molar-refractivity contribution in [3.05, 3.63) is 65.5 Å². The van der Waals surface area contributed by atoms with Gasteiger partial charge in [0.15, 0.2) is 0 Å². The van der Waals surface area contributed by atoms with Gasteiger partial charge < -0.3 is 10.1 Å². The molecular weight excluding hydrogens is 440 g/mol. The van der Waals surface area contributed by atoms with Crippen molar-refractivity contribution in [2.75, 3.05) is 25.5 Å². The van der Waals surface area contributed by atoms with Crippen molar-refractivity contribution >= 4 is 21.6 Å². The van der Waals surface area contributed by atoms with Crippen LogP contribution >= 0.6 is 0 Å². The molecule has 2 aromatic carbocycles. The van der Waals surface area contributed by atoms with Gasteiger partial charge in [-0.3, -0.25) is 4.79 Å². The lowest BCUT2D eigenvalue weighted by atomic mass is 10.2. The SMILES string of the molecule is COc1ccc(S(=O)(=O)N2CCCCC2)cc1NC(=O)c1ccc(-n2nc(C)cc2C)cc1. The number of rotatable bonds is 6. The Morgan fingerprint density at radius 1 is 1.00 bits per heavy atom. The number of sulfonamides is 1. The summed E-state index contributed by atoms with van der Waals surface area (Å²) in [6.07, 6.45) is 2.74. The Balaban J connectivity index is 1.57. The van der Waals surface area contributed by atoms with E-state index in [9.17, 15) is 13.2 Å². The van der Waals surface area contributed by atoms with Crippen molar-refractivity contribution in [1.82, 2.24) is 14.1 Å². The lowest BCUT2D eigenvalue weighted by molar-refractivity contribution is 0.102. The predicted octanol–water partition coefficient (Wildman–Crippen LogP) is 3.92. The summed E-state index contributed by atoms with van der Waals surface area (Å²) < 4.78 is 34.8. The average Bonchev–Trinajstić information content (AvgIpc) is 3.17. The average molecular weight is 469 g/mol. The van der Waals surface area contributed by atoms with Gasteiger partial charge in [-0.05, 0) is 75.2 Å². The van der Waals surface area contributed by atoms with Crippen LogP contribution in [-0.4, -0.2) is 48.6 Å². The Labute approximate surface area is 194 Å². The van der Waals surface area contributed by atoms with Crippen LogP contribution in [0.5, 0.6) is 5.75 Å². The van der Waals surface area contributed by atoms with Crippen LogP contribution in [0.1, 0.15) is 41.0 Å². The van der Waals surface area contributed by atoms with E-state index in [1.165, 1.54) is 23.5 Å². The van der Waals surface area contributed by atoms with E-state index >= 15 is 0 Å². The molecule has 1 aromatic heterocycles. The van der Waals surface area contributed by atoms with Crippen LogP contribution < -0.4 is 10.1 Å². The van der Waals surface area contributed by atoms with Gasteiger partial charge in [0.1, 0.15) is 5.75 Å². The second kappa shape index (κ2) is 9.36. The molecule has 3 aromatic rings. The number of hydrogen-bond donors (Lipinski definition) is 1. The summed E-state index contributed by atoms with van der Waals surface area (Å²) in [4.78, 5) is 13.1.